The van der Waals surface area contributed by atoms with Gasteiger partial charge in [-0.05, 0) is 43.3 Å². The molecule has 4 rings (SSSR count). The van der Waals surface area contributed by atoms with Crippen LogP contribution in [-0.4, -0.2) is 10.9 Å². The number of pyridine rings is 1. The second-order valence-corrected chi connectivity index (χ2v) is 6.65. The van der Waals surface area contributed by atoms with Crippen molar-refractivity contribution in [1.29, 1.82) is 0 Å². The largest absolute Gasteiger partial charge is 0.319 e. The number of rotatable bonds is 2. The van der Waals surface area contributed by atoms with E-state index >= 15 is 0 Å². The van der Waals surface area contributed by atoms with Gasteiger partial charge in [-0.1, -0.05) is 23.8 Å². The minimum absolute atomic E-state index is 0.175. The lowest BCUT2D eigenvalue weighted by atomic mass is 10.1. The van der Waals surface area contributed by atoms with Gasteiger partial charge in [-0.25, -0.2) is 9.37 Å². The van der Waals surface area contributed by atoms with Gasteiger partial charge in [0.15, 0.2) is 0 Å². The number of aryl methyl sites for hydroxylation is 1. The van der Waals surface area contributed by atoms with Crippen molar-refractivity contribution in [3.05, 3.63) is 70.9 Å². The third-order valence-electron chi connectivity index (χ3n) is 3.80. The van der Waals surface area contributed by atoms with E-state index in [1.807, 2.05) is 25.1 Å². The smallest absolute Gasteiger partial charge is 0.265 e. The zero-order valence-corrected chi connectivity index (χ0v) is 13.7. The molecule has 0 saturated carbocycles. The number of aromatic nitrogens is 1. The summed E-state index contributed by atoms with van der Waals surface area (Å²) in [6.45, 7) is 2.03. The SMILES string of the molecule is Cc1ccc2nc3sc(C(=O)Nc4ccccc4F)cc3cc2c1. The topological polar surface area (TPSA) is 42.0 Å². The van der Waals surface area contributed by atoms with E-state index < -0.39 is 5.82 Å². The van der Waals surface area contributed by atoms with Gasteiger partial charge in [-0.3, -0.25) is 4.79 Å². The minimum Gasteiger partial charge on any atom is -0.319 e. The second-order valence-electron chi connectivity index (χ2n) is 5.62. The molecule has 2 aromatic heterocycles. The number of hydrogen-bond donors (Lipinski definition) is 1. The molecule has 0 aliphatic carbocycles. The predicted molar refractivity (Wildman–Crippen MR) is 96.2 cm³/mol. The van der Waals surface area contributed by atoms with E-state index in [1.165, 1.54) is 23.5 Å². The Labute approximate surface area is 141 Å². The van der Waals surface area contributed by atoms with Crippen LogP contribution in [0.1, 0.15) is 15.2 Å². The lowest BCUT2D eigenvalue weighted by molar-refractivity contribution is 0.103. The van der Waals surface area contributed by atoms with E-state index in [0.29, 0.717) is 4.88 Å². The molecular weight excluding hydrogens is 323 g/mol. The monoisotopic (exact) mass is 336 g/mol. The number of anilines is 1. The summed E-state index contributed by atoms with van der Waals surface area (Å²) in [5.74, 6) is -0.783. The Morgan fingerprint density at radius 3 is 2.75 bits per heavy atom. The lowest BCUT2D eigenvalue weighted by Gasteiger charge is -2.03. The van der Waals surface area contributed by atoms with Crippen LogP contribution in [0.25, 0.3) is 21.1 Å². The van der Waals surface area contributed by atoms with Gasteiger partial charge in [0, 0.05) is 10.8 Å². The lowest BCUT2D eigenvalue weighted by Crippen LogP contribution is -2.11. The van der Waals surface area contributed by atoms with Gasteiger partial charge in [0.1, 0.15) is 10.6 Å². The third-order valence-corrected chi connectivity index (χ3v) is 4.85. The molecule has 1 N–H and O–H groups in total. The number of halogens is 1. The van der Waals surface area contributed by atoms with E-state index in [2.05, 4.69) is 16.4 Å². The van der Waals surface area contributed by atoms with E-state index in [4.69, 9.17) is 0 Å². The maximum absolute atomic E-state index is 13.7. The zero-order chi connectivity index (χ0) is 16.7. The van der Waals surface area contributed by atoms with Gasteiger partial charge in [0.2, 0.25) is 0 Å². The summed E-state index contributed by atoms with van der Waals surface area (Å²) in [4.78, 5) is 18.3. The first kappa shape index (κ1) is 14.8. The van der Waals surface area contributed by atoms with Crippen molar-refractivity contribution >= 4 is 44.1 Å². The Hall–Kier alpha value is -2.79. The first-order valence-electron chi connectivity index (χ1n) is 7.47. The van der Waals surface area contributed by atoms with E-state index in [-0.39, 0.29) is 11.6 Å². The van der Waals surface area contributed by atoms with Crippen molar-refractivity contribution in [3.8, 4) is 0 Å². The third kappa shape index (κ3) is 2.63. The predicted octanol–water partition coefficient (Wildman–Crippen LogP) is 5.15. The molecule has 0 unspecified atom stereocenters. The molecule has 2 heterocycles. The number of hydrogen-bond acceptors (Lipinski definition) is 3. The molecule has 0 radical (unpaired) electrons. The fraction of sp³-hybridized carbons (Fsp3) is 0.0526. The maximum Gasteiger partial charge on any atom is 0.265 e. The Bertz CT molecular complexity index is 1090. The fourth-order valence-electron chi connectivity index (χ4n) is 2.61. The number of carbonyl (C=O) groups excluding carboxylic acids is 1. The Balaban J connectivity index is 1.73. The molecule has 1 amide bonds. The number of thiophene rings is 1. The number of amides is 1. The number of carbonyl (C=O) groups is 1. The molecule has 4 aromatic rings. The highest BCUT2D eigenvalue weighted by atomic mass is 32.1. The molecule has 24 heavy (non-hydrogen) atoms. The van der Waals surface area contributed by atoms with Crippen LogP contribution in [0.4, 0.5) is 10.1 Å². The first-order chi connectivity index (χ1) is 11.6. The Morgan fingerprint density at radius 1 is 1.08 bits per heavy atom. The molecule has 0 aliphatic heterocycles. The summed E-state index contributed by atoms with van der Waals surface area (Å²) in [6.07, 6.45) is 0. The molecule has 0 atom stereocenters. The van der Waals surface area contributed by atoms with Gasteiger partial charge >= 0.3 is 0 Å². The first-order valence-corrected chi connectivity index (χ1v) is 8.29. The molecule has 2 aromatic carbocycles. The second kappa shape index (κ2) is 5.69. The van der Waals surface area contributed by atoms with Crippen LogP contribution in [0, 0.1) is 12.7 Å². The molecule has 118 valence electrons. The van der Waals surface area contributed by atoms with Crippen molar-refractivity contribution in [2.75, 3.05) is 5.32 Å². The van der Waals surface area contributed by atoms with Crippen molar-refractivity contribution in [1.82, 2.24) is 4.98 Å². The summed E-state index contributed by atoms with van der Waals surface area (Å²) in [5.41, 5.74) is 2.24. The maximum atomic E-state index is 13.7. The molecule has 0 aliphatic rings. The number of benzene rings is 2. The summed E-state index contributed by atoms with van der Waals surface area (Å²) in [7, 11) is 0. The van der Waals surface area contributed by atoms with E-state index in [0.717, 1.165) is 26.7 Å². The van der Waals surface area contributed by atoms with Crippen molar-refractivity contribution in [2.45, 2.75) is 6.92 Å². The molecular formula is C19H13FN2OS. The highest BCUT2D eigenvalue weighted by Gasteiger charge is 2.13. The van der Waals surface area contributed by atoms with E-state index in [9.17, 15) is 9.18 Å². The van der Waals surface area contributed by atoms with Crippen molar-refractivity contribution in [3.63, 3.8) is 0 Å². The van der Waals surface area contributed by atoms with E-state index in [1.54, 1.807) is 18.2 Å². The zero-order valence-electron chi connectivity index (χ0n) is 12.8. The van der Waals surface area contributed by atoms with Crippen LogP contribution in [0.5, 0.6) is 0 Å². The molecule has 0 fully saturated rings. The quantitative estimate of drug-likeness (QED) is 0.550. The minimum atomic E-state index is -0.453. The Kier molecular flexibility index (Phi) is 3.50. The van der Waals surface area contributed by atoms with Crippen LogP contribution >= 0.6 is 11.3 Å². The van der Waals surface area contributed by atoms with Crippen LogP contribution in [0.15, 0.2) is 54.6 Å². The van der Waals surface area contributed by atoms with Crippen LogP contribution in [-0.2, 0) is 0 Å². The number of para-hydroxylation sites is 1. The summed E-state index contributed by atoms with van der Waals surface area (Å²) in [5, 5.41) is 4.56. The van der Waals surface area contributed by atoms with Gasteiger partial charge in [-0.2, -0.15) is 0 Å². The number of nitrogens with zero attached hydrogens (tertiary/aromatic N) is 1. The number of nitrogens with one attached hydrogen (secondary N) is 1. The molecule has 5 heteroatoms. The van der Waals surface area contributed by atoms with Crippen LogP contribution in [0.2, 0.25) is 0 Å². The van der Waals surface area contributed by atoms with Gasteiger partial charge in [0.05, 0.1) is 16.1 Å². The highest BCUT2D eigenvalue weighted by Crippen LogP contribution is 2.28. The summed E-state index contributed by atoms with van der Waals surface area (Å²) in [6, 6.07) is 16.0. The average Bonchev–Trinajstić information content (AvgIpc) is 2.97. The van der Waals surface area contributed by atoms with Gasteiger partial charge in [0.25, 0.3) is 5.91 Å². The highest BCUT2D eigenvalue weighted by molar-refractivity contribution is 7.20. The van der Waals surface area contributed by atoms with Crippen molar-refractivity contribution in [2.24, 2.45) is 0 Å². The van der Waals surface area contributed by atoms with Crippen LogP contribution < -0.4 is 5.32 Å². The van der Waals surface area contributed by atoms with Crippen LogP contribution in [0.3, 0.4) is 0 Å². The Morgan fingerprint density at radius 2 is 1.92 bits per heavy atom. The standard InChI is InChI=1S/C19H13FN2OS/c1-11-6-7-15-12(8-11)9-13-10-17(24-19(13)22-15)18(23)21-16-5-3-2-4-14(16)20/h2-10H,1H3,(H,21,23). The normalized spacial score (nSPS) is 11.1. The molecule has 0 bridgehead atoms. The fourth-order valence-corrected chi connectivity index (χ4v) is 3.53. The average molecular weight is 336 g/mol. The number of fused-ring (bicyclic) bond motifs is 2. The van der Waals surface area contributed by atoms with Crippen molar-refractivity contribution < 1.29 is 9.18 Å². The van der Waals surface area contributed by atoms with Gasteiger partial charge < -0.3 is 5.32 Å². The summed E-state index contributed by atoms with van der Waals surface area (Å²) >= 11 is 1.30. The molecule has 0 spiro atoms. The summed E-state index contributed by atoms with van der Waals surface area (Å²) < 4.78 is 13.7. The molecule has 0 saturated heterocycles. The van der Waals surface area contributed by atoms with Gasteiger partial charge in [-0.15, -0.1) is 11.3 Å². The molecule has 3 nitrogen and oxygen atoms in total.